The molecule has 4 rings (SSSR count). The molecule has 0 bridgehead atoms. The zero-order valence-electron chi connectivity index (χ0n) is 12.5. The Balaban J connectivity index is 1.60. The molecule has 0 atom stereocenters. The normalized spacial score (nSPS) is 17.4. The Bertz CT molecular complexity index is 771. The van der Waals surface area contributed by atoms with Gasteiger partial charge < -0.3 is 14.8 Å². The Kier molecular flexibility index (Phi) is 3.42. The number of carbonyl (C=O) groups is 1. The molecule has 1 heterocycles. The Morgan fingerprint density at radius 1 is 1.09 bits per heavy atom. The number of benzene rings is 2. The lowest BCUT2D eigenvalue weighted by atomic mass is 9.64. The molecule has 2 aromatic rings. The highest BCUT2D eigenvalue weighted by Gasteiger charge is 2.45. The van der Waals surface area contributed by atoms with Gasteiger partial charge in [0.1, 0.15) is 0 Å². The van der Waals surface area contributed by atoms with E-state index in [1.807, 2.05) is 36.4 Å². The lowest BCUT2D eigenvalue weighted by Gasteiger charge is -2.40. The first-order valence-electron chi connectivity index (χ1n) is 7.65. The predicted octanol–water partition coefficient (Wildman–Crippen LogP) is 4.13. The molecule has 1 fully saturated rings. The molecule has 118 valence electrons. The molecule has 1 aliphatic heterocycles. The zero-order valence-corrected chi connectivity index (χ0v) is 13.2. The van der Waals surface area contributed by atoms with Gasteiger partial charge in [-0.2, -0.15) is 0 Å². The van der Waals surface area contributed by atoms with E-state index in [9.17, 15) is 4.79 Å². The number of hydrogen-bond donors (Lipinski definition) is 1. The average molecular weight is 330 g/mol. The fourth-order valence-electron chi connectivity index (χ4n) is 3.19. The smallest absolute Gasteiger partial charge is 0.235 e. The van der Waals surface area contributed by atoms with Crippen molar-refractivity contribution in [3.8, 4) is 11.5 Å². The molecule has 1 amide bonds. The number of nitrogens with one attached hydrogen (secondary N) is 1. The molecule has 2 aromatic carbocycles. The lowest BCUT2D eigenvalue weighted by Crippen LogP contribution is -2.46. The maximum Gasteiger partial charge on any atom is 0.235 e. The quantitative estimate of drug-likeness (QED) is 0.921. The lowest BCUT2D eigenvalue weighted by molar-refractivity contribution is -0.124. The third-order valence-corrected chi connectivity index (χ3v) is 4.88. The summed E-state index contributed by atoms with van der Waals surface area (Å²) < 4.78 is 10.6. The molecule has 4 nitrogen and oxygen atoms in total. The average Bonchev–Trinajstić information content (AvgIpc) is 2.93. The van der Waals surface area contributed by atoms with E-state index in [4.69, 9.17) is 21.1 Å². The van der Waals surface area contributed by atoms with Crippen LogP contribution < -0.4 is 14.8 Å². The minimum absolute atomic E-state index is 0.00452. The maximum absolute atomic E-state index is 12.9. The maximum atomic E-state index is 12.9. The predicted molar refractivity (Wildman–Crippen MR) is 88.2 cm³/mol. The standard InChI is InChI=1S/C18H16ClNO3/c19-13-4-1-3-12(9-13)18(7-2-8-18)17(21)20-14-5-6-15-16(10-14)23-11-22-15/h1,3-6,9-10H,2,7-8,11H2,(H,20,21). The number of ether oxygens (including phenoxy) is 2. The molecule has 1 saturated carbocycles. The van der Waals surface area contributed by atoms with Gasteiger partial charge in [0.2, 0.25) is 12.7 Å². The van der Waals surface area contributed by atoms with Crippen molar-refractivity contribution < 1.29 is 14.3 Å². The first kappa shape index (κ1) is 14.4. The molecule has 5 heteroatoms. The van der Waals surface area contributed by atoms with Crippen molar-refractivity contribution in [2.45, 2.75) is 24.7 Å². The second-order valence-electron chi connectivity index (χ2n) is 5.97. The molecule has 0 saturated heterocycles. The summed E-state index contributed by atoms with van der Waals surface area (Å²) in [5.41, 5.74) is 1.21. The molecule has 0 unspecified atom stereocenters. The van der Waals surface area contributed by atoms with Crippen LogP contribution in [0.25, 0.3) is 0 Å². The Morgan fingerprint density at radius 3 is 2.65 bits per heavy atom. The van der Waals surface area contributed by atoms with Crippen molar-refractivity contribution in [1.82, 2.24) is 0 Å². The Morgan fingerprint density at radius 2 is 1.91 bits per heavy atom. The summed E-state index contributed by atoms with van der Waals surface area (Å²) in [7, 11) is 0. The number of hydrogen-bond acceptors (Lipinski definition) is 3. The summed E-state index contributed by atoms with van der Waals surface area (Å²) >= 11 is 6.10. The molecule has 1 N–H and O–H groups in total. The van der Waals surface area contributed by atoms with Crippen LogP contribution in [-0.2, 0) is 10.2 Å². The van der Waals surface area contributed by atoms with Crippen LogP contribution in [0.5, 0.6) is 11.5 Å². The van der Waals surface area contributed by atoms with Crippen LogP contribution in [0.4, 0.5) is 5.69 Å². The number of carbonyl (C=O) groups excluding carboxylic acids is 1. The van der Waals surface area contributed by atoms with Gasteiger partial charge in [0, 0.05) is 16.8 Å². The highest BCUT2D eigenvalue weighted by atomic mass is 35.5. The molecular weight excluding hydrogens is 314 g/mol. The van der Waals surface area contributed by atoms with Gasteiger partial charge in [-0.1, -0.05) is 30.2 Å². The molecule has 1 aliphatic carbocycles. The van der Waals surface area contributed by atoms with Crippen molar-refractivity contribution in [2.24, 2.45) is 0 Å². The summed E-state index contributed by atoms with van der Waals surface area (Å²) in [5.74, 6) is 1.37. The van der Waals surface area contributed by atoms with Crippen molar-refractivity contribution in [3.05, 3.63) is 53.1 Å². The van der Waals surface area contributed by atoms with Crippen LogP contribution in [0.1, 0.15) is 24.8 Å². The van der Waals surface area contributed by atoms with E-state index in [1.54, 1.807) is 6.07 Å². The van der Waals surface area contributed by atoms with E-state index in [-0.39, 0.29) is 12.7 Å². The Hall–Kier alpha value is -2.20. The van der Waals surface area contributed by atoms with E-state index < -0.39 is 5.41 Å². The van der Waals surface area contributed by atoms with Crippen LogP contribution in [0.3, 0.4) is 0 Å². The minimum atomic E-state index is -0.485. The number of halogens is 1. The largest absolute Gasteiger partial charge is 0.454 e. The Labute approximate surface area is 139 Å². The second-order valence-corrected chi connectivity index (χ2v) is 6.40. The van der Waals surface area contributed by atoms with Crippen LogP contribution in [0.2, 0.25) is 5.02 Å². The number of rotatable bonds is 3. The second kappa shape index (κ2) is 5.46. The van der Waals surface area contributed by atoms with Gasteiger partial charge >= 0.3 is 0 Å². The molecular formula is C18H16ClNO3. The van der Waals surface area contributed by atoms with Crippen LogP contribution in [0, 0.1) is 0 Å². The van der Waals surface area contributed by atoms with Crippen molar-refractivity contribution in [2.75, 3.05) is 12.1 Å². The van der Waals surface area contributed by atoms with Crippen LogP contribution in [0.15, 0.2) is 42.5 Å². The number of fused-ring (bicyclic) bond motifs is 1. The molecule has 23 heavy (non-hydrogen) atoms. The summed E-state index contributed by atoms with van der Waals surface area (Å²) in [5, 5.41) is 3.67. The third-order valence-electron chi connectivity index (χ3n) is 4.65. The molecule has 0 spiro atoms. The van der Waals surface area contributed by atoms with Gasteiger partial charge in [0.25, 0.3) is 0 Å². The first-order valence-corrected chi connectivity index (χ1v) is 8.02. The highest BCUT2D eigenvalue weighted by molar-refractivity contribution is 6.30. The van der Waals surface area contributed by atoms with Gasteiger partial charge in [0.15, 0.2) is 11.5 Å². The minimum Gasteiger partial charge on any atom is -0.454 e. The van der Waals surface area contributed by atoms with Crippen molar-refractivity contribution in [3.63, 3.8) is 0 Å². The highest BCUT2D eigenvalue weighted by Crippen LogP contribution is 2.45. The van der Waals surface area contributed by atoms with Gasteiger partial charge in [-0.15, -0.1) is 0 Å². The van der Waals surface area contributed by atoms with E-state index in [0.29, 0.717) is 22.2 Å². The zero-order chi connectivity index (χ0) is 15.9. The van der Waals surface area contributed by atoms with E-state index in [2.05, 4.69) is 5.32 Å². The van der Waals surface area contributed by atoms with E-state index in [0.717, 1.165) is 24.8 Å². The fourth-order valence-corrected chi connectivity index (χ4v) is 3.38. The summed E-state index contributed by atoms with van der Waals surface area (Å²) in [4.78, 5) is 12.9. The first-order chi connectivity index (χ1) is 11.2. The van der Waals surface area contributed by atoms with Crippen molar-refractivity contribution >= 4 is 23.2 Å². The third kappa shape index (κ3) is 2.43. The topological polar surface area (TPSA) is 47.6 Å². The van der Waals surface area contributed by atoms with E-state index in [1.165, 1.54) is 0 Å². The molecule has 0 radical (unpaired) electrons. The van der Waals surface area contributed by atoms with Gasteiger partial charge in [0.05, 0.1) is 5.41 Å². The SMILES string of the molecule is O=C(Nc1ccc2c(c1)OCO2)C1(c2cccc(Cl)c2)CCC1. The summed E-state index contributed by atoms with van der Waals surface area (Å²) in [6, 6.07) is 13.0. The fraction of sp³-hybridized carbons (Fsp3) is 0.278. The molecule has 0 aromatic heterocycles. The number of anilines is 1. The van der Waals surface area contributed by atoms with Gasteiger partial charge in [-0.25, -0.2) is 0 Å². The van der Waals surface area contributed by atoms with Crippen molar-refractivity contribution in [1.29, 1.82) is 0 Å². The summed E-state index contributed by atoms with van der Waals surface area (Å²) in [6.07, 6.45) is 2.72. The van der Waals surface area contributed by atoms with Crippen LogP contribution >= 0.6 is 11.6 Å². The monoisotopic (exact) mass is 329 g/mol. The molecule has 2 aliphatic rings. The van der Waals surface area contributed by atoms with Crippen LogP contribution in [-0.4, -0.2) is 12.7 Å². The van der Waals surface area contributed by atoms with Gasteiger partial charge in [-0.3, -0.25) is 4.79 Å². The van der Waals surface area contributed by atoms with Gasteiger partial charge in [-0.05, 0) is 42.7 Å². The van der Waals surface area contributed by atoms with E-state index >= 15 is 0 Å². The summed E-state index contributed by atoms with van der Waals surface area (Å²) in [6.45, 7) is 0.221. The number of amides is 1.